The van der Waals surface area contributed by atoms with Gasteiger partial charge in [0.15, 0.2) is 5.82 Å². The minimum atomic E-state index is -0.464. The zero-order valence-electron chi connectivity index (χ0n) is 14.2. The molecule has 0 unspecified atom stereocenters. The first-order valence-corrected chi connectivity index (χ1v) is 8.35. The van der Waals surface area contributed by atoms with Crippen LogP contribution < -0.4 is 5.32 Å². The molecule has 0 bridgehead atoms. The van der Waals surface area contributed by atoms with Gasteiger partial charge in [-0.1, -0.05) is 48.5 Å². The molecule has 4 aromatic rings. The zero-order chi connectivity index (χ0) is 18.6. The van der Waals surface area contributed by atoms with Crippen LogP contribution in [0.15, 0.2) is 84.9 Å². The molecule has 0 spiro atoms. The SMILES string of the molecule is O=C(Nc1ccc(F)cc1)c1nc(-c2ccccc2)n(-c2ccccc2)n1. The summed E-state index contributed by atoms with van der Waals surface area (Å²) < 4.78 is 14.7. The van der Waals surface area contributed by atoms with Gasteiger partial charge in [0.05, 0.1) is 5.69 Å². The highest BCUT2D eigenvalue weighted by molar-refractivity contribution is 6.01. The summed E-state index contributed by atoms with van der Waals surface area (Å²) in [6.45, 7) is 0. The molecule has 0 atom stereocenters. The molecule has 1 heterocycles. The molecule has 5 nitrogen and oxygen atoms in total. The highest BCUT2D eigenvalue weighted by Gasteiger charge is 2.18. The van der Waals surface area contributed by atoms with Crippen molar-refractivity contribution in [1.29, 1.82) is 0 Å². The van der Waals surface area contributed by atoms with Gasteiger partial charge in [0.2, 0.25) is 5.82 Å². The van der Waals surface area contributed by atoms with Crippen molar-refractivity contribution >= 4 is 11.6 Å². The first-order valence-electron chi connectivity index (χ1n) is 8.35. The van der Waals surface area contributed by atoms with E-state index in [1.165, 1.54) is 24.3 Å². The van der Waals surface area contributed by atoms with E-state index < -0.39 is 5.91 Å². The molecule has 4 rings (SSSR count). The van der Waals surface area contributed by atoms with Gasteiger partial charge in [-0.05, 0) is 36.4 Å². The lowest BCUT2D eigenvalue weighted by molar-refractivity contribution is 0.101. The molecular weight excluding hydrogens is 343 g/mol. The summed E-state index contributed by atoms with van der Waals surface area (Å²) in [5.41, 5.74) is 2.11. The van der Waals surface area contributed by atoms with Crippen LogP contribution in [-0.2, 0) is 0 Å². The van der Waals surface area contributed by atoms with Crippen LogP contribution in [0, 0.1) is 5.82 Å². The average molecular weight is 358 g/mol. The zero-order valence-corrected chi connectivity index (χ0v) is 14.2. The lowest BCUT2D eigenvalue weighted by atomic mass is 10.2. The van der Waals surface area contributed by atoms with E-state index in [-0.39, 0.29) is 11.6 Å². The predicted octanol–water partition coefficient (Wildman–Crippen LogP) is 4.33. The normalized spacial score (nSPS) is 10.6. The highest BCUT2D eigenvalue weighted by Crippen LogP contribution is 2.21. The third-order valence-corrected chi connectivity index (χ3v) is 3.95. The number of amides is 1. The van der Waals surface area contributed by atoms with Crippen molar-refractivity contribution in [3.05, 3.63) is 96.6 Å². The molecular formula is C21H15FN4O. The maximum absolute atomic E-state index is 13.0. The van der Waals surface area contributed by atoms with Crippen LogP contribution in [0.5, 0.6) is 0 Å². The first-order chi connectivity index (χ1) is 13.2. The lowest BCUT2D eigenvalue weighted by Gasteiger charge is -2.05. The molecule has 1 aromatic heterocycles. The highest BCUT2D eigenvalue weighted by atomic mass is 19.1. The van der Waals surface area contributed by atoms with Gasteiger partial charge in [0.1, 0.15) is 5.82 Å². The number of carbonyl (C=O) groups is 1. The van der Waals surface area contributed by atoms with Crippen molar-refractivity contribution in [1.82, 2.24) is 14.8 Å². The van der Waals surface area contributed by atoms with Crippen molar-refractivity contribution in [3.63, 3.8) is 0 Å². The Morgan fingerprint density at radius 1 is 0.852 bits per heavy atom. The van der Waals surface area contributed by atoms with Crippen LogP contribution in [0.4, 0.5) is 10.1 Å². The second-order valence-corrected chi connectivity index (χ2v) is 5.83. The third-order valence-electron chi connectivity index (χ3n) is 3.95. The maximum Gasteiger partial charge on any atom is 0.295 e. The van der Waals surface area contributed by atoms with E-state index in [2.05, 4.69) is 15.4 Å². The molecule has 0 aliphatic heterocycles. The summed E-state index contributed by atoms with van der Waals surface area (Å²) in [6, 6.07) is 24.5. The molecule has 1 amide bonds. The fourth-order valence-electron chi connectivity index (χ4n) is 2.65. The molecule has 27 heavy (non-hydrogen) atoms. The number of nitrogens with one attached hydrogen (secondary N) is 1. The van der Waals surface area contributed by atoms with E-state index in [1.54, 1.807) is 4.68 Å². The number of carbonyl (C=O) groups excluding carboxylic acids is 1. The Labute approximate surface area is 155 Å². The number of nitrogens with zero attached hydrogens (tertiary/aromatic N) is 3. The van der Waals surface area contributed by atoms with Crippen LogP contribution in [0.1, 0.15) is 10.6 Å². The van der Waals surface area contributed by atoms with Crippen molar-refractivity contribution in [2.24, 2.45) is 0 Å². The number of para-hydroxylation sites is 1. The van der Waals surface area contributed by atoms with Crippen LogP contribution in [0.3, 0.4) is 0 Å². The molecule has 0 radical (unpaired) electrons. The molecule has 3 aromatic carbocycles. The Morgan fingerprint density at radius 2 is 1.48 bits per heavy atom. The van der Waals surface area contributed by atoms with Crippen molar-refractivity contribution in [2.75, 3.05) is 5.32 Å². The van der Waals surface area contributed by atoms with E-state index in [9.17, 15) is 9.18 Å². The smallest absolute Gasteiger partial charge is 0.295 e. The van der Waals surface area contributed by atoms with Crippen molar-refractivity contribution < 1.29 is 9.18 Å². The molecule has 0 aliphatic carbocycles. The fourth-order valence-corrected chi connectivity index (χ4v) is 2.65. The number of halogens is 1. The summed E-state index contributed by atoms with van der Waals surface area (Å²) in [5.74, 6) is -0.243. The van der Waals surface area contributed by atoms with Crippen LogP contribution in [-0.4, -0.2) is 20.7 Å². The maximum atomic E-state index is 13.0. The quantitative estimate of drug-likeness (QED) is 0.591. The summed E-state index contributed by atoms with van der Waals surface area (Å²) in [4.78, 5) is 17.0. The monoisotopic (exact) mass is 358 g/mol. The van der Waals surface area contributed by atoms with E-state index in [0.717, 1.165) is 11.3 Å². The topological polar surface area (TPSA) is 59.8 Å². The summed E-state index contributed by atoms with van der Waals surface area (Å²) in [6.07, 6.45) is 0. The number of aromatic nitrogens is 3. The average Bonchev–Trinajstić information content (AvgIpc) is 3.17. The van der Waals surface area contributed by atoms with Gasteiger partial charge in [-0.15, -0.1) is 5.10 Å². The summed E-state index contributed by atoms with van der Waals surface area (Å²) in [7, 11) is 0. The molecule has 0 saturated heterocycles. The van der Waals surface area contributed by atoms with Crippen LogP contribution in [0.25, 0.3) is 17.1 Å². The second kappa shape index (κ2) is 7.21. The number of hydrogen-bond acceptors (Lipinski definition) is 3. The number of benzene rings is 3. The van der Waals surface area contributed by atoms with Gasteiger partial charge in [-0.2, -0.15) is 0 Å². The predicted molar refractivity (Wildman–Crippen MR) is 101 cm³/mol. The van der Waals surface area contributed by atoms with E-state index >= 15 is 0 Å². The Hall–Kier alpha value is -3.80. The fraction of sp³-hybridized carbons (Fsp3) is 0. The number of hydrogen-bond donors (Lipinski definition) is 1. The first kappa shape index (κ1) is 16.7. The van der Waals surface area contributed by atoms with Crippen LogP contribution >= 0.6 is 0 Å². The summed E-state index contributed by atoms with van der Waals surface area (Å²) >= 11 is 0. The second-order valence-electron chi connectivity index (χ2n) is 5.83. The summed E-state index contributed by atoms with van der Waals surface area (Å²) in [5, 5.41) is 7.07. The molecule has 0 saturated carbocycles. The van der Waals surface area contributed by atoms with Gasteiger partial charge in [-0.3, -0.25) is 4.79 Å². The number of rotatable bonds is 4. The van der Waals surface area contributed by atoms with Crippen molar-refractivity contribution in [2.45, 2.75) is 0 Å². The Bertz CT molecular complexity index is 1000. The number of anilines is 1. The van der Waals surface area contributed by atoms with Gasteiger partial charge in [-0.25, -0.2) is 14.1 Å². The molecule has 6 heteroatoms. The van der Waals surface area contributed by atoms with E-state index in [0.29, 0.717) is 11.5 Å². The Morgan fingerprint density at radius 3 is 2.15 bits per heavy atom. The minimum absolute atomic E-state index is 0.0297. The standard InChI is InChI=1S/C21H15FN4O/c22-16-11-13-17(14-12-16)23-21(27)19-24-20(15-7-3-1-4-8-15)26(25-19)18-9-5-2-6-10-18/h1-14H,(H,23,27). The molecule has 132 valence electrons. The molecule has 0 fully saturated rings. The molecule has 1 N–H and O–H groups in total. The largest absolute Gasteiger partial charge is 0.319 e. The minimum Gasteiger partial charge on any atom is -0.319 e. The van der Waals surface area contributed by atoms with Gasteiger partial charge in [0, 0.05) is 11.3 Å². The van der Waals surface area contributed by atoms with Gasteiger partial charge >= 0.3 is 0 Å². The molecule has 0 aliphatic rings. The van der Waals surface area contributed by atoms with Crippen molar-refractivity contribution in [3.8, 4) is 17.1 Å². The van der Waals surface area contributed by atoms with Gasteiger partial charge in [0.25, 0.3) is 5.91 Å². The Kier molecular flexibility index (Phi) is 4.45. The van der Waals surface area contributed by atoms with Gasteiger partial charge < -0.3 is 5.32 Å². The third kappa shape index (κ3) is 3.59. The Balaban J connectivity index is 1.72. The van der Waals surface area contributed by atoms with E-state index in [1.807, 2.05) is 60.7 Å². The lowest BCUT2D eigenvalue weighted by Crippen LogP contribution is -2.14. The van der Waals surface area contributed by atoms with Crippen LogP contribution in [0.2, 0.25) is 0 Å². The van der Waals surface area contributed by atoms with E-state index in [4.69, 9.17) is 0 Å².